The summed E-state index contributed by atoms with van der Waals surface area (Å²) in [6.07, 6.45) is 0. The lowest BCUT2D eigenvalue weighted by atomic mass is 10.1. The molecule has 1 aliphatic rings. The summed E-state index contributed by atoms with van der Waals surface area (Å²) in [6.45, 7) is 3.84. The first kappa shape index (κ1) is 24.3. The quantitative estimate of drug-likeness (QED) is 0.507. The number of hydrogen-bond acceptors (Lipinski definition) is 5. The first-order valence-corrected chi connectivity index (χ1v) is 12.5. The second-order valence-corrected chi connectivity index (χ2v) is 10.4. The second kappa shape index (κ2) is 9.44. The van der Waals surface area contributed by atoms with Gasteiger partial charge >= 0.3 is 0 Å². The zero-order valence-corrected chi connectivity index (χ0v) is 20.4. The molecular formula is C26H25N3O5S. The van der Waals surface area contributed by atoms with E-state index in [0.717, 1.165) is 10.5 Å². The number of sulfonamides is 1. The van der Waals surface area contributed by atoms with Crippen LogP contribution in [0.1, 0.15) is 50.5 Å². The molecule has 9 heteroatoms. The number of anilines is 1. The fraction of sp³-hybridized carbons (Fsp3) is 0.192. The average molecular weight is 492 g/mol. The van der Waals surface area contributed by atoms with E-state index in [9.17, 15) is 22.8 Å². The Morgan fingerprint density at radius 1 is 0.914 bits per heavy atom. The number of nitrogens with zero attached hydrogens (tertiary/aromatic N) is 2. The van der Waals surface area contributed by atoms with E-state index in [2.05, 4.69) is 5.32 Å². The molecule has 0 aliphatic carbocycles. The monoisotopic (exact) mass is 491 g/mol. The maximum atomic E-state index is 13.3. The Bertz CT molecular complexity index is 1400. The summed E-state index contributed by atoms with van der Waals surface area (Å²) >= 11 is 0. The Kier molecular flexibility index (Phi) is 6.56. The van der Waals surface area contributed by atoms with Crippen molar-refractivity contribution in [3.05, 3.63) is 95.1 Å². The Hall–Kier alpha value is -3.82. The molecule has 3 amide bonds. The van der Waals surface area contributed by atoms with Gasteiger partial charge in [-0.15, -0.1) is 0 Å². The van der Waals surface area contributed by atoms with Gasteiger partial charge in [-0.05, 0) is 55.8 Å². The number of nitrogens with one attached hydrogen (secondary N) is 1. The molecule has 1 heterocycles. The molecule has 0 spiro atoms. The summed E-state index contributed by atoms with van der Waals surface area (Å²) in [6, 6.07) is 19.3. The highest BCUT2D eigenvalue weighted by Gasteiger charge is 2.35. The predicted molar refractivity (Wildman–Crippen MR) is 132 cm³/mol. The molecule has 0 bridgehead atoms. The third-order valence-electron chi connectivity index (χ3n) is 5.85. The summed E-state index contributed by atoms with van der Waals surface area (Å²) in [4.78, 5) is 38.5. The van der Waals surface area contributed by atoms with Gasteiger partial charge in [-0.1, -0.05) is 36.4 Å². The average Bonchev–Trinajstić information content (AvgIpc) is 3.07. The van der Waals surface area contributed by atoms with E-state index in [4.69, 9.17) is 0 Å². The maximum Gasteiger partial charge on any atom is 0.263 e. The largest absolute Gasteiger partial charge is 0.321 e. The smallest absolute Gasteiger partial charge is 0.263 e. The number of rotatable bonds is 7. The highest BCUT2D eigenvalue weighted by molar-refractivity contribution is 7.89. The number of carbonyl (C=O) groups is 3. The van der Waals surface area contributed by atoms with Gasteiger partial charge in [0.05, 0.1) is 21.7 Å². The van der Waals surface area contributed by atoms with Crippen molar-refractivity contribution in [2.24, 2.45) is 0 Å². The molecule has 0 saturated heterocycles. The number of imide groups is 1. The van der Waals surface area contributed by atoms with Gasteiger partial charge in [0.2, 0.25) is 10.0 Å². The van der Waals surface area contributed by atoms with Gasteiger partial charge in [0.15, 0.2) is 0 Å². The molecule has 180 valence electrons. The summed E-state index contributed by atoms with van der Waals surface area (Å²) < 4.78 is 28.1. The first-order valence-electron chi connectivity index (χ1n) is 11.0. The molecular weight excluding hydrogens is 466 g/mol. The van der Waals surface area contributed by atoms with E-state index in [1.807, 2.05) is 44.2 Å². The molecule has 0 radical (unpaired) electrons. The van der Waals surface area contributed by atoms with Gasteiger partial charge in [-0.25, -0.2) is 8.42 Å². The van der Waals surface area contributed by atoms with Crippen LogP contribution in [0, 0.1) is 0 Å². The lowest BCUT2D eigenvalue weighted by Gasteiger charge is -2.26. The minimum absolute atomic E-state index is 0.0710. The Labute approximate surface area is 204 Å². The SMILES string of the molecule is CC(C)N(Cc1ccccc1)S(=O)(=O)c1ccc(C(=O)Nc2cccc3c2C(=O)N(C)C3=O)cc1. The topological polar surface area (TPSA) is 104 Å². The predicted octanol–water partition coefficient (Wildman–Crippen LogP) is 3.76. The molecule has 3 aromatic carbocycles. The van der Waals surface area contributed by atoms with Crippen LogP contribution in [0.4, 0.5) is 5.69 Å². The van der Waals surface area contributed by atoms with Crippen LogP contribution < -0.4 is 5.32 Å². The molecule has 0 saturated carbocycles. The van der Waals surface area contributed by atoms with Crippen LogP contribution in [-0.4, -0.2) is 48.4 Å². The van der Waals surface area contributed by atoms with Gasteiger partial charge < -0.3 is 5.32 Å². The molecule has 1 aliphatic heterocycles. The van der Waals surface area contributed by atoms with E-state index >= 15 is 0 Å². The van der Waals surface area contributed by atoms with Crippen molar-refractivity contribution in [2.75, 3.05) is 12.4 Å². The van der Waals surface area contributed by atoms with E-state index in [1.165, 1.54) is 41.7 Å². The van der Waals surface area contributed by atoms with Gasteiger partial charge in [0.1, 0.15) is 0 Å². The van der Waals surface area contributed by atoms with Crippen LogP contribution in [0.3, 0.4) is 0 Å². The Morgan fingerprint density at radius 2 is 1.57 bits per heavy atom. The minimum atomic E-state index is -3.81. The fourth-order valence-electron chi connectivity index (χ4n) is 3.92. The molecule has 0 atom stereocenters. The van der Waals surface area contributed by atoms with Gasteiger partial charge in [-0.2, -0.15) is 4.31 Å². The standard InChI is InChI=1S/C26H25N3O5S/c1-17(2)29(16-18-8-5-4-6-9-18)35(33,34)20-14-12-19(13-15-20)24(30)27-22-11-7-10-21-23(22)26(32)28(3)25(21)31/h4-15,17H,16H2,1-3H3,(H,27,30). The summed E-state index contributed by atoms with van der Waals surface area (Å²) in [7, 11) is -2.43. The second-order valence-electron chi connectivity index (χ2n) is 8.51. The van der Waals surface area contributed by atoms with Crippen LogP contribution in [0.2, 0.25) is 0 Å². The van der Waals surface area contributed by atoms with Gasteiger partial charge in [0.25, 0.3) is 17.7 Å². The van der Waals surface area contributed by atoms with Gasteiger partial charge in [-0.3, -0.25) is 19.3 Å². The van der Waals surface area contributed by atoms with Crippen molar-refractivity contribution < 1.29 is 22.8 Å². The van der Waals surface area contributed by atoms with Crippen LogP contribution in [-0.2, 0) is 16.6 Å². The van der Waals surface area contributed by atoms with Crippen molar-refractivity contribution in [3.63, 3.8) is 0 Å². The molecule has 0 aromatic heterocycles. The molecule has 8 nitrogen and oxygen atoms in total. The first-order chi connectivity index (χ1) is 16.6. The highest BCUT2D eigenvalue weighted by atomic mass is 32.2. The summed E-state index contributed by atoms with van der Waals surface area (Å²) in [5.74, 6) is -1.45. The highest BCUT2D eigenvalue weighted by Crippen LogP contribution is 2.29. The maximum absolute atomic E-state index is 13.3. The molecule has 1 N–H and O–H groups in total. The zero-order chi connectivity index (χ0) is 25.3. The van der Waals surface area contributed by atoms with Gasteiger partial charge in [0, 0.05) is 25.2 Å². The Morgan fingerprint density at radius 3 is 2.20 bits per heavy atom. The zero-order valence-electron chi connectivity index (χ0n) is 19.6. The fourth-order valence-corrected chi connectivity index (χ4v) is 5.55. The molecule has 3 aromatic rings. The summed E-state index contributed by atoms with van der Waals surface area (Å²) in [5.41, 5.74) is 1.67. The lowest BCUT2D eigenvalue weighted by Crippen LogP contribution is -2.36. The van der Waals surface area contributed by atoms with Crippen LogP contribution in [0.25, 0.3) is 0 Å². The number of hydrogen-bond donors (Lipinski definition) is 1. The third-order valence-corrected chi connectivity index (χ3v) is 7.88. The molecule has 35 heavy (non-hydrogen) atoms. The van der Waals surface area contributed by atoms with Crippen LogP contribution in [0.15, 0.2) is 77.7 Å². The molecule has 4 rings (SSSR count). The van der Waals surface area contributed by atoms with E-state index in [1.54, 1.807) is 12.1 Å². The van der Waals surface area contributed by atoms with E-state index in [-0.39, 0.29) is 39.9 Å². The van der Waals surface area contributed by atoms with E-state index in [0.29, 0.717) is 0 Å². The minimum Gasteiger partial charge on any atom is -0.321 e. The third kappa shape index (κ3) is 4.60. The van der Waals surface area contributed by atoms with E-state index < -0.39 is 27.7 Å². The van der Waals surface area contributed by atoms with Crippen LogP contribution >= 0.6 is 0 Å². The number of amides is 3. The molecule has 0 unspecified atom stereocenters. The van der Waals surface area contributed by atoms with Crippen molar-refractivity contribution in [1.29, 1.82) is 0 Å². The number of benzene rings is 3. The van der Waals surface area contributed by atoms with Crippen LogP contribution in [0.5, 0.6) is 0 Å². The van der Waals surface area contributed by atoms with Crippen molar-refractivity contribution in [1.82, 2.24) is 9.21 Å². The van der Waals surface area contributed by atoms with Crippen molar-refractivity contribution in [2.45, 2.75) is 31.3 Å². The summed E-state index contributed by atoms with van der Waals surface area (Å²) in [5, 5.41) is 2.66. The molecule has 0 fully saturated rings. The normalized spacial score (nSPS) is 13.5. The lowest BCUT2D eigenvalue weighted by molar-refractivity contribution is 0.0693. The van der Waals surface area contributed by atoms with Crippen molar-refractivity contribution in [3.8, 4) is 0 Å². The van der Waals surface area contributed by atoms with Crippen molar-refractivity contribution >= 4 is 33.4 Å². The number of carbonyl (C=O) groups excluding carboxylic acids is 3. The Balaban J connectivity index is 1.56. The number of fused-ring (bicyclic) bond motifs is 1.